The molecule has 212 valence electrons. The Bertz CT molecular complexity index is 1190. The number of aliphatic hydroxyl groups is 1. The molecule has 2 aromatic rings. The minimum Gasteiger partial charge on any atom is -0.497 e. The van der Waals surface area contributed by atoms with Gasteiger partial charge in [0.15, 0.2) is 0 Å². The average Bonchev–Trinajstić information content (AvgIpc) is 2.92. The highest BCUT2D eigenvalue weighted by Gasteiger charge is 2.62. The van der Waals surface area contributed by atoms with E-state index in [2.05, 4.69) is 9.88 Å². The van der Waals surface area contributed by atoms with Crippen molar-refractivity contribution >= 4 is 17.5 Å². The number of amides is 2. The van der Waals surface area contributed by atoms with E-state index >= 15 is 0 Å². The monoisotopic (exact) mass is 548 g/mol. The molecule has 2 saturated heterocycles. The van der Waals surface area contributed by atoms with Gasteiger partial charge in [-0.3, -0.25) is 9.59 Å². The number of ether oxygens (including phenoxy) is 1. The van der Waals surface area contributed by atoms with Crippen LogP contribution in [0.4, 0.5) is 18.9 Å². The summed E-state index contributed by atoms with van der Waals surface area (Å²) in [6.07, 6.45) is 0.570. The highest BCUT2D eigenvalue weighted by Crippen LogP contribution is 2.42. The number of primary amides is 1. The second-order valence-corrected chi connectivity index (χ2v) is 10.6. The lowest BCUT2D eigenvalue weighted by Crippen LogP contribution is -2.57. The van der Waals surface area contributed by atoms with Crippen LogP contribution in [-0.4, -0.2) is 66.3 Å². The number of nitrogens with zero attached hydrogens (tertiary/aromatic N) is 3. The van der Waals surface area contributed by atoms with Crippen LogP contribution in [0, 0.1) is 18.8 Å². The minimum absolute atomic E-state index is 0.127. The molecule has 39 heavy (non-hydrogen) atoms. The molecule has 0 saturated carbocycles. The summed E-state index contributed by atoms with van der Waals surface area (Å²) in [6.45, 7) is 3.84. The Kier molecular flexibility index (Phi) is 8.39. The molecule has 0 radical (unpaired) electrons. The van der Waals surface area contributed by atoms with Crippen molar-refractivity contribution in [3.05, 3.63) is 53.3 Å². The molecule has 1 aromatic carbocycles. The van der Waals surface area contributed by atoms with Gasteiger partial charge in [0.05, 0.1) is 19.0 Å². The van der Waals surface area contributed by atoms with E-state index in [1.54, 1.807) is 6.20 Å². The second-order valence-electron chi connectivity index (χ2n) is 10.6. The normalized spacial score (nSPS) is 19.0. The molecule has 2 aliphatic rings. The Morgan fingerprint density at radius 3 is 2.23 bits per heavy atom. The first-order chi connectivity index (χ1) is 18.4. The highest BCUT2D eigenvalue weighted by atomic mass is 19.4. The first-order valence-corrected chi connectivity index (χ1v) is 13.2. The number of methoxy groups -OCH3 is 1. The summed E-state index contributed by atoms with van der Waals surface area (Å²) in [4.78, 5) is 32.1. The number of piperidine rings is 2. The molecule has 3 heterocycles. The van der Waals surface area contributed by atoms with E-state index in [-0.39, 0.29) is 24.5 Å². The Balaban J connectivity index is 1.32. The van der Waals surface area contributed by atoms with E-state index in [1.165, 1.54) is 19.2 Å². The summed E-state index contributed by atoms with van der Waals surface area (Å²) in [5, 5.41) is 10.8. The van der Waals surface area contributed by atoms with Crippen LogP contribution in [0.25, 0.3) is 0 Å². The van der Waals surface area contributed by atoms with Crippen molar-refractivity contribution in [1.29, 1.82) is 0 Å². The highest BCUT2D eigenvalue weighted by molar-refractivity contribution is 5.92. The molecule has 2 amide bonds. The molecular formula is C28H35F3N4O4. The lowest BCUT2D eigenvalue weighted by atomic mass is 9.82. The van der Waals surface area contributed by atoms with Gasteiger partial charge in [-0.15, -0.1) is 0 Å². The van der Waals surface area contributed by atoms with Crippen molar-refractivity contribution in [3.63, 3.8) is 0 Å². The zero-order chi connectivity index (χ0) is 28.4. The molecule has 0 spiro atoms. The molecule has 0 bridgehead atoms. The van der Waals surface area contributed by atoms with Crippen LogP contribution in [0.3, 0.4) is 0 Å². The van der Waals surface area contributed by atoms with Gasteiger partial charge in [-0.05, 0) is 74.6 Å². The number of benzene rings is 1. The number of halogens is 3. The van der Waals surface area contributed by atoms with Crippen molar-refractivity contribution < 1.29 is 32.6 Å². The third-order valence-electron chi connectivity index (χ3n) is 8.05. The fourth-order valence-electron chi connectivity index (χ4n) is 5.75. The van der Waals surface area contributed by atoms with Gasteiger partial charge in [0, 0.05) is 31.7 Å². The summed E-state index contributed by atoms with van der Waals surface area (Å²) in [5.41, 5.74) is 3.13. The number of likely N-dealkylation sites (tertiary alicyclic amines) is 1. The van der Waals surface area contributed by atoms with Gasteiger partial charge in [-0.1, -0.05) is 12.1 Å². The Morgan fingerprint density at radius 1 is 1.08 bits per heavy atom. The van der Waals surface area contributed by atoms with Gasteiger partial charge >= 0.3 is 6.18 Å². The zero-order valence-corrected chi connectivity index (χ0v) is 22.2. The van der Waals surface area contributed by atoms with Crippen molar-refractivity contribution in [1.82, 2.24) is 9.88 Å². The summed E-state index contributed by atoms with van der Waals surface area (Å²) >= 11 is 0. The van der Waals surface area contributed by atoms with Crippen LogP contribution < -0.4 is 15.4 Å². The number of carbonyl (C=O) groups is 2. The van der Waals surface area contributed by atoms with Gasteiger partial charge in [0.25, 0.3) is 17.4 Å². The average molecular weight is 549 g/mol. The molecule has 8 nitrogen and oxygen atoms in total. The molecule has 0 aliphatic carbocycles. The lowest BCUT2D eigenvalue weighted by Gasteiger charge is -2.40. The number of anilines is 1. The summed E-state index contributed by atoms with van der Waals surface area (Å²) in [7, 11) is 1.31. The van der Waals surface area contributed by atoms with Crippen LogP contribution in [0.5, 0.6) is 5.75 Å². The quantitative estimate of drug-likeness (QED) is 0.545. The number of rotatable bonds is 7. The first-order valence-electron chi connectivity index (χ1n) is 13.2. The second kappa shape index (κ2) is 11.4. The zero-order valence-electron chi connectivity index (χ0n) is 22.2. The topological polar surface area (TPSA) is 109 Å². The maximum Gasteiger partial charge on any atom is 0.430 e. The van der Waals surface area contributed by atoms with Crippen LogP contribution in [0.1, 0.15) is 53.7 Å². The van der Waals surface area contributed by atoms with Gasteiger partial charge in [-0.25, -0.2) is 4.98 Å². The van der Waals surface area contributed by atoms with Gasteiger partial charge in [0.1, 0.15) is 11.4 Å². The smallest absolute Gasteiger partial charge is 0.430 e. The van der Waals surface area contributed by atoms with Crippen LogP contribution >= 0.6 is 0 Å². The number of pyridine rings is 1. The van der Waals surface area contributed by atoms with Gasteiger partial charge in [-0.2, -0.15) is 13.2 Å². The van der Waals surface area contributed by atoms with Crippen LogP contribution in [0.2, 0.25) is 0 Å². The van der Waals surface area contributed by atoms with Crippen LogP contribution in [0.15, 0.2) is 36.5 Å². The van der Waals surface area contributed by atoms with E-state index in [9.17, 15) is 27.9 Å². The Morgan fingerprint density at radius 2 is 1.69 bits per heavy atom. The largest absolute Gasteiger partial charge is 0.497 e. The number of carbonyl (C=O) groups excluding carboxylic acids is 2. The SMILES string of the molecule is COc1cccc([C@@](O)(C(=O)N2CCC(CC3CCN(c4cnc(C(N)=O)c(C)c4)CC3)CC2)C(F)(F)F)c1. The third-order valence-corrected chi connectivity index (χ3v) is 8.05. The number of hydrogen-bond donors (Lipinski definition) is 2. The molecular weight excluding hydrogens is 513 g/mol. The first kappa shape index (κ1) is 28.7. The Hall–Kier alpha value is -3.34. The fourth-order valence-corrected chi connectivity index (χ4v) is 5.75. The molecule has 2 fully saturated rings. The number of aromatic nitrogens is 1. The molecule has 11 heteroatoms. The van der Waals surface area contributed by atoms with Gasteiger partial charge < -0.3 is 25.4 Å². The lowest BCUT2D eigenvalue weighted by molar-refractivity contribution is -0.262. The van der Waals surface area contributed by atoms with Gasteiger partial charge in [0.2, 0.25) is 0 Å². The predicted octanol–water partition coefficient (Wildman–Crippen LogP) is 3.79. The maximum atomic E-state index is 14.1. The molecule has 3 N–H and O–H groups in total. The van der Waals surface area contributed by atoms with E-state index in [0.717, 1.165) is 60.6 Å². The van der Waals surface area contributed by atoms with Crippen molar-refractivity contribution in [2.45, 2.75) is 50.8 Å². The fraction of sp³-hybridized carbons (Fsp3) is 0.536. The van der Waals surface area contributed by atoms with Crippen molar-refractivity contribution in [2.24, 2.45) is 17.6 Å². The molecule has 1 atom stereocenters. The minimum atomic E-state index is -5.19. The van der Waals surface area contributed by atoms with E-state index < -0.39 is 29.2 Å². The summed E-state index contributed by atoms with van der Waals surface area (Å²) in [6, 6.07) is 6.85. The number of hydrogen-bond acceptors (Lipinski definition) is 6. The summed E-state index contributed by atoms with van der Waals surface area (Å²) in [5.74, 6) is -0.978. The predicted molar refractivity (Wildman–Crippen MR) is 139 cm³/mol. The maximum absolute atomic E-state index is 14.1. The molecule has 1 aromatic heterocycles. The number of nitrogens with two attached hydrogens (primary N) is 1. The van der Waals surface area contributed by atoms with Crippen molar-refractivity contribution in [2.75, 3.05) is 38.2 Å². The standard InChI is InChI=1S/C28H35F3N4O4/c1-18-14-22(17-33-24(18)25(32)36)34-10-6-19(7-11-34)15-20-8-12-35(13-9-20)26(37)27(38,28(29,30)31)21-4-3-5-23(16-21)39-2/h3-5,14,16-17,19-20,38H,6-13,15H2,1-2H3,(H2,32,36)/t27-/m1/s1. The van der Waals surface area contributed by atoms with Crippen LogP contribution in [-0.2, 0) is 10.4 Å². The Labute approximate surface area is 225 Å². The van der Waals surface area contributed by atoms with E-state index in [1.807, 2.05) is 13.0 Å². The number of alkyl halides is 3. The number of aryl methyl sites for hydroxylation is 1. The molecule has 2 aliphatic heterocycles. The van der Waals surface area contributed by atoms with E-state index in [4.69, 9.17) is 10.5 Å². The summed E-state index contributed by atoms with van der Waals surface area (Å²) < 4.78 is 47.2. The van der Waals surface area contributed by atoms with E-state index in [0.29, 0.717) is 24.7 Å². The third kappa shape index (κ3) is 5.98. The van der Waals surface area contributed by atoms with Crippen molar-refractivity contribution in [3.8, 4) is 5.75 Å². The molecule has 0 unspecified atom stereocenters. The molecule has 4 rings (SSSR count).